The number of nitrogens with zero attached hydrogens (tertiary/aromatic N) is 2. The first-order chi connectivity index (χ1) is 11.0. The number of nitrogens with one attached hydrogen (secondary N) is 1. The molecule has 3 rings (SSSR count). The molecule has 0 bridgehead atoms. The number of fused-ring (bicyclic) bond motifs is 1. The van der Waals surface area contributed by atoms with Crippen molar-refractivity contribution in [2.24, 2.45) is 0 Å². The number of aromatic nitrogens is 2. The van der Waals surface area contributed by atoms with E-state index in [4.69, 9.17) is 4.42 Å². The Morgan fingerprint density at radius 3 is 2.78 bits per heavy atom. The summed E-state index contributed by atoms with van der Waals surface area (Å²) in [5, 5.41) is 7.77. The first-order valence-electron chi connectivity index (χ1n) is 7.37. The molecule has 118 valence electrons. The second-order valence-electron chi connectivity index (χ2n) is 5.39. The van der Waals surface area contributed by atoms with Crippen molar-refractivity contribution in [3.63, 3.8) is 0 Å². The molecule has 6 nitrogen and oxygen atoms in total. The molecule has 0 unspecified atom stereocenters. The van der Waals surface area contributed by atoms with Crippen LogP contribution >= 0.6 is 0 Å². The van der Waals surface area contributed by atoms with E-state index in [0.717, 1.165) is 16.8 Å². The summed E-state index contributed by atoms with van der Waals surface area (Å²) in [7, 11) is 0. The van der Waals surface area contributed by atoms with Crippen LogP contribution in [0.5, 0.6) is 0 Å². The van der Waals surface area contributed by atoms with Gasteiger partial charge in [-0.1, -0.05) is 18.2 Å². The van der Waals surface area contributed by atoms with E-state index in [1.165, 1.54) is 0 Å². The minimum Gasteiger partial charge on any atom is -0.422 e. The SMILES string of the molecule is Cc1cc(C)n(CCNC(=O)c2cc3ccccc3oc2=O)n1. The molecule has 0 saturated carbocycles. The lowest BCUT2D eigenvalue weighted by atomic mass is 10.2. The van der Waals surface area contributed by atoms with Gasteiger partial charge in [0.2, 0.25) is 0 Å². The summed E-state index contributed by atoms with van der Waals surface area (Å²) in [6, 6.07) is 10.6. The minimum atomic E-state index is -0.632. The van der Waals surface area contributed by atoms with Gasteiger partial charge in [0.1, 0.15) is 11.1 Å². The van der Waals surface area contributed by atoms with Crippen LogP contribution in [-0.4, -0.2) is 22.2 Å². The van der Waals surface area contributed by atoms with Crippen molar-refractivity contribution in [1.29, 1.82) is 0 Å². The van der Waals surface area contributed by atoms with Gasteiger partial charge in [-0.25, -0.2) is 4.79 Å². The lowest BCUT2D eigenvalue weighted by Crippen LogP contribution is -2.31. The Labute approximate surface area is 132 Å². The molecule has 0 aliphatic rings. The van der Waals surface area contributed by atoms with E-state index in [0.29, 0.717) is 18.7 Å². The normalized spacial score (nSPS) is 10.9. The van der Waals surface area contributed by atoms with Gasteiger partial charge in [0.15, 0.2) is 0 Å². The van der Waals surface area contributed by atoms with Gasteiger partial charge >= 0.3 is 5.63 Å². The molecule has 1 N–H and O–H groups in total. The maximum atomic E-state index is 12.2. The molecule has 0 fully saturated rings. The smallest absolute Gasteiger partial charge is 0.349 e. The second-order valence-corrected chi connectivity index (χ2v) is 5.39. The Bertz CT molecular complexity index is 924. The molecule has 1 aromatic carbocycles. The van der Waals surface area contributed by atoms with E-state index >= 15 is 0 Å². The van der Waals surface area contributed by atoms with Crippen molar-refractivity contribution in [2.75, 3.05) is 6.54 Å². The summed E-state index contributed by atoms with van der Waals surface area (Å²) in [4.78, 5) is 24.1. The molecule has 3 aromatic rings. The van der Waals surface area contributed by atoms with Crippen LogP contribution in [0.15, 0.2) is 45.6 Å². The molecule has 6 heteroatoms. The van der Waals surface area contributed by atoms with Gasteiger partial charge in [-0.05, 0) is 32.0 Å². The average Bonchev–Trinajstić information content (AvgIpc) is 2.84. The third-order valence-electron chi connectivity index (χ3n) is 3.60. The fraction of sp³-hybridized carbons (Fsp3) is 0.235. The largest absolute Gasteiger partial charge is 0.422 e. The Morgan fingerprint density at radius 1 is 1.26 bits per heavy atom. The molecule has 0 saturated heterocycles. The van der Waals surface area contributed by atoms with Crippen LogP contribution in [0.2, 0.25) is 0 Å². The second kappa shape index (κ2) is 6.08. The fourth-order valence-electron chi connectivity index (χ4n) is 2.49. The zero-order valence-corrected chi connectivity index (χ0v) is 13.0. The number of hydrogen-bond donors (Lipinski definition) is 1. The van der Waals surface area contributed by atoms with Crippen LogP contribution in [0.25, 0.3) is 11.0 Å². The lowest BCUT2D eigenvalue weighted by molar-refractivity contribution is 0.0948. The van der Waals surface area contributed by atoms with Crippen molar-refractivity contribution in [3.05, 3.63) is 63.8 Å². The molecule has 2 heterocycles. The summed E-state index contributed by atoms with van der Waals surface area (Å²) in [5.41, 5.74) is 1.81. The maximum Gasteiger partial charge on any atom is 0.349 e. The fourth-order valence-corrected chi connectivity index (χ4v) is 2.49. The molecular weight excluding hydrogens is 294 g/mol. The van der Waals surface area contributed by atoms with E-state index < -0.39 is 11.5 Å². The van der Waals surface area contributed by atoms with Gasteiger partial charge in [-0.3, -0.25) is 9.48 Å². The molecule has 1 amide bonds. The highest BCUT2D eigenvalue weighted by molar-refractivity contribution is 5.96. The number of para-hydroxylation sites is 1. The van der Waals surface area contributed by atoms with E-state index in [1.54, 1.807) is 24.3 Å². The number of hydrogen-bond acceptors (Lipinski definition) is 4. The van der Waals surface area contributed by atoms with Gasteiger partial charge in [0.05, 0.1) is 12.2 Å². The number of rotatable bonds is 4. The van der Waals surface area contributed by atoms with Crippen molar-refractivity contribution >= 4 is 16.9 Å². The van der Waals surface area contributed by atoms with E-state index in [2.05, 4.69) is 10.4 Å². The Kier molecular flexibility index (Phi) is 3.97. The van der Waals surface area contributed by atoms with Crippen LogP contribution in [0.1, 0.15) is 21.7 Å². The average molecular weight is 311 g/mol. The molecule has 0 aliphatic heterocycles. The Hall–Kier alpha value is -2.89. The molecule has 0 spiro atoms. The van der Waals surface area contributed by atoms with Crippen molar-refractivity contribution in [3.8, 4) is 0 Å². The van der Waals surface area contributed by atoms with Crippen LogP contribution in [0.4, 0.5) is 0 Å². The van der Waals surface area contributed by atoms with E-state index in [-0.39, 0.29) is 5.56 Å². The predicted octanol–water partition coefficient (Wildman–Crippen LogP) is 2.04. The van der Waals surface area contributed by atoms with Gasteiger partial charge < -0.3 is 9.73 Å². The number of carbonyl (C=O) groups is 1. The number of amides is 1. The van der Waals surface area contributed by atoms with Crippen LogP contribution in [-0.2, 0) is 6.54 Å². The first-order valence-corrected chi connectivity index (χ1v) is 7.37. The molecule has 0 aliphatic carbocycles. The molecule has 2 aromatic heterocycles. The Balaban J connectivity index is 1.72. The van der Waals surface area contributed by atoms with Gasteiger partial charge in [-0.15, -0.1) is 0 Å². The predicted molar refractivity (Wildman–Crippen MR) is 86.5 cm³/mol. The molecule has 23 heavy (non-hydrogen) atoms. The Morgan fingerprint density at radius 2 is 2.04 bits per heavy atom. The zero-order valence-electron chi connectivity index (χ0n) is 13.0. The summed E-state index contributed by atoms with van der Waals surface area (Å²) in [5.74, 6) is -0.439. The highest BCUT2D eigenvalue weighted by atomic mass is 16.4. The number of benzene rings is 1. The third kappa shape index (κ3) is 3.15. The molecule has 0 radical (unpaired) electrons. The summed E-state index contributed by atoms with van der Waals surface area (Å²) in [6.45, 7) is 4.81. The highest BCUT2D eigenvalue weighted by Crippen LogP contribution is 2.12. The monoisotopic (exact) mass is 311 g/mol. The molecular formula is C17H17N3O3. The first kappa shape index (κ1) is 15.0. The van der Waals surface area contributed by atoms with Crippen molar-refractivity contribution in [1.82, 2.24) is 15.1 Å². The van der Waals surface area contributed by atoms with E-state index in [9.17, 15) is 9.59 Å². The van der Waals surface area contributed by atoms with Gasteiger partial charge in [-0.2, -0.15) is 5.10 Å². The van der Waals surface area contributed by atoms with Crippen molar-refractivity contribution < 1.29 is 9.21 Å². The number of aryl methyl sites for hydroxylation is 2. The minimum absolute atomic E-state index is 0.0112. The lowest BCUT2D eigenvalue weighted by Gasteiger charge is -2.07. The van der Waals surface area contributed by atoms with Crippen molar-refractivity contribution in [2.45, 2.75) is 20.4 Å². The van der Waals surface area contributed by atoms with Crippen LogP contribution in [0.3, 0.4) is 0 Å². The summed E-state index contributed by atoms with van der Waals surface area (Å²) >= 11 is 0. The summed E-state index contributed by atoms with van der Waals surface area (Å²) < 4.78 is 6.98. The highest BCUT2D eigenvalue weighted by Gasteiger charge is 2.13. The maximum absolute atomic E-state index is 12.2. The standard InChI is InChI=1S/C17H17N3O3/c1-11-9-12(2)20(19-11)8-7-18-16(21)14-10-13-5-3-4-6-15(13)23-17(14)22/h3-6,9-10H,7-8H2,1-2H3,(H,18,21). The van der Waals surface area contributed by atoms with Crippen LogP contribution in [0, 0.1) is 13.8 Å². The summed E-state index contributed by atoms with van der Waals surface area (Å²) in [6.07, 6.45) is 0. The number of carbonyl (C=O) groups excluding carboxylic acids is 1. The quantitative estimate of drug-likeness (QED) is 0.748. The molecule has 0 atom stereocenters. The van der Waals surface area contributed by atoms with Gasteiger partial charge in [0, 0.05) is 17.6 Å². The zero-order chi connectivity index (χ0) is 16.4. The van der Waals surface area contributed by atoms with Crippen LogP contribution < -0.4 is 10.9 Å². The third-order valence-corrected chi connectivity index (χ3v) is 3.60. The topological polar surface area (TPSA) is 77.1 Å². The van der Waals surface area contributed by atoms with E-state index in [1.807, 2.05) is 30.7 Å². The van der Waals surface area contributed by atoms with Gasteiger partial charge in [0.25, 0.3) is 5.91 Å².